The van der Waals surface area contributed by atoms with Gasteiger partial charge in [0, 0.05) is 12.3 Å². The molecule has 4 aliphatic carbocycles. The second-order valence-corrected chi connectivity index (χ2v) is 20.6. The highest BCUT2D eigenvalue weighted by molar-refractivity contribution is 5.26. The molecular formula is C44H70O16. The number of hydrogen-bond donors (Lipinski definition) is 8. The summed E-state index contributed by atoms with van der Waals surface area (Å²) in [5, 5.41) is 85.1. The minimum atomic E-state index is -1.70. The molecule has 0 aromatic rings. The summed E-state index contributed by atoms with van der Waals surface area (Å²) in [5.74, 6) is 2.65. The molecule has 3 saturated carbocycles. The Hall–Kier alpha value is -0.900. The van der Waals surface area contributed by atoms with Crippen LogP contribution >= 0.6 is 0 Å². The number of aliphatic hydroxyl groups excluding tert-OH is 8. The Balaban J connectivity index is 0.913. The fraction of sp³-hybridized carbons (Fsp3) is 0.955. The van der Waals surface area contributed by atoms with E-state index in [4.69, 9.17) is 37.9 Å². The van der Waals surface area contributed by atoms with Gasteiger partial charge >= 0.3 is 0 Å². The molecule has 25 atom stereocenters. The van der Waals surface area contributed by atoms with Crippen molar-refractivity contribution in [2.75, 3.05) is 19.8 Å². The highest BCUT2D eigenvalue weighted by Crippen LogP contribution is 2.70. The topological polar surface area (TPSA) is 236 Å². The minimum absolute atomic E-state index is 0.0142. The van der Waals surface area contributed by atoms with E-state index in [0.29, 0.717) is 48.3 Å². The Bertz CT molecular complexity index is 1560. The maximum absolute atomic E-state index is 11.9. The van der Waals surface area contributed by atoms with Crippen LogP contribution in [0.3, 0.4) is 0 Å². The molecule has 9 aliphatic rings. The first-order valence-electron chi connectivity index (χ1n) is 22.8. The summed E-state index contributed by atoms with van der Waals surface area (Å²) in [6.07, 6.45) is -9.25. The van der Waals surface area contributed by atoms with E-state index in [1.807, 2.05) is 0 Å². The maximum Gasteiger partial charge on any atom is 0.187 e. The molecule has 5 heterocycles. The Kier molecular flexibility index (Phi) is 12.2. The normalized spacial score (nSPS) is 57.9. The van der Waals surface area contributed by atoms with Gasteiger partial charge in [0.2, 0.25) is 0 Å². The van der Waals surface area contributed by atoms with Gasteiger partial charge in [0.1, 0.15) is 61.0 Å². The van der Waals surface area contributed by atoms with Gasteiger partial charge < -0.3 is 78.7 Å². The molecule has 5 saturated heterocycles. The largest absolute Gasteiger partial charge is 0.394 e. The summed E-state index contributed by atoms with van der Waals surface area (Å²) in [7, 11) is 0. The predicted octanol–water partition coefficient (Wildman–Crippen LogP) is 0.853. The molecule has 9 rings (SSSR count). The van der Waals surface area contributed by atoms with Crippen molar-refractivity contribution >= 4 is 0 Å². The van der Waals surface area contributed by atoms with Gasteiger partial charge in [-0.05, 0) is 98.7 Å². The fourth-order valence-corrected chi connectivity index (χ4v) is 13.7. The number of hydrogen-bond acceptors (Lipinski definition) is 16. The molecular weight excluding hydrogens is 784 g/mol. The molecule has 16 heteroatoms. The molecule has 8 fully saturated rings. The molecule has 8 N–H and O–H groups in total. The third-order valence-electron chi connectivity index (χ3n) is 17.3. The average molecular weight is 855 g/mol. The van der Waals surface area contributed by atoms with Gasteiger partial charge in [0.05, 0.1) is 38.1 Å². The summed E-state index contributed by atoms with van der Waals surface area (Å²) < 4.78 is 49.8. The first-order chi connectivity index (χ1) is 28.5. The summed E-state index contributed by atoms with van der Waals surface area (Å²) in [6.45, 7) is 10.9. The van der Waals surface area contributed by atoms with Crippen LogP contribution in [0.5, 0.6) is 0 Å². The summed E-state index contributed by atoms with van der Waals surface area (Å²) in [5.41, 5.74) is 1.54. The SMILES string of the molecule is C[C@H]1CC[C@]2(OC1)OC1CC3C4CC=C5C[C@H](O[C@H]6O[C@@H](CO)[C@H](O[C@H]7OC[C@@H](O)[C@@H](O)[C@@H]7O)[C@@H](O)[C@@H]6O[C@H]6O[C@H](C)[C@@H](O)[C@H](O)[C@@H]6O)CC[C@@]5(C)C4CC[C@@]3(C)C1[C@H]2C. The second-order valence-electron chi connectivity index (χ2n) is 20.6. The van der Waals surface area contributed by atoms with Crippen LogP contribution in [0.2, 0.25) is 0 Å². The lowest BCUT2D eigenvalue weighted by molar-refractivity contribution is -0.385. The molecule has 60 heavy (non-hydrogen) atoms. The Morgan fingerprint density at radius 3 is 2.22 bits per heavy atom. The molecule has 5 unspecified atom stereocenters. The molecule has 0 aromatic heterocycles. The Morgan fingerprint density at radius 2 is 1.48 bits per heavy atom. The maximum atomic E-state index is 11.9. The quantitative estimate of drug-likeness (QED) is 0.166. The van der Waals surface area contributed by atoms with Crippen LogP contribution in [-0.2, 0) is 37.9 Å². The van der Waals surface area contributed by atoms with E-state index in [1.165, 1.54) is 18.9 Å². The third kappa shape index (κ3) is 7.19. The van der Waals surface area contributed by atoms with E-state index in [1.54, 1.807) is 0 Å². The lowest BCUT2D eigenvalue weighted by atomic mass is 9.47. The van der Waals surface area contributed by atoms with Crippen molar-refractivity contribution in [2.45, 2.75) is 196 Å². The molecule has 0 aromatic carbocycles. The number of ether oxygens (including phenoxy) is 8. The van der Waals surface area contributed by atoms with E-state index in [9.17, 15) is 40.9 Å². The van der Waals surface area contributed by atoms with Gasteiger partial charge in [-0.1, -0.05) is 39.3 Å². The van der Waals surface area contributed by atoms with Crippen LogP contribution in [-0.4, -0.2) is 165 Å². The standard InChI is InChI=1S/C44H70O16/c1-19-8-13-44(54-17-19)20(2)30-28(60-44)15-26-24-7-6-22-14-23(9-11-42(22,4)25(24)10-12-43(26,30)5)56-41-38(59-40-35(51)33(49)31(47)21(3)55-40)36(52)37(29(16-45)57-41)58-39-34(50)32(48)27(46)18-53-39/h6,19-21,23-41,45-52H,7-18H2,1-5H3/t19-,20+,21+,23+,24?,25?,26?,27+,28?,29-,30?,31+,32+,33-,34-,35-,36+,37-,38-,39+,40+,41-,42+,43+,44-/m0/s1. The molecule has 1 spiro atoms. The van der Waals surface area contributed by atoms with Crippen molar-refractivity contribution < 1.29 is 78.7 Å². The summed E-state index contributed by atoms with van der Waals surface area (Å²) >= 11 is 0. The van der Waals surface area contributed by atoms with Crippen LogP contribution < -0.4 is 0 Å². The Morgan fingerprint density at radius 1 is 0.733 bits per heavy atom. The summed E-state index contributed by atoms with van der Waals surface area (Å²) in [4.78, 5) is 0. The van der Waals surface area contributed by atoms with Crippen molar-refractivity contribution in [2.24, 2.45) is 46.3 Å². The van der Waals surface area contributed by atoms with E-state index in [-0.39, 0.29) is 29.6 Å². The van der Waals surface area contributed by atoms with Crippen LogP contribution in [0.4, 0.5) is 0 Å². The Labute approximate surface area is 352 Å². The lowest BCUT2D eigenvalue weighted by Crippen LogP contribution is -2.66. The van der Waals surface area contributed by atoms with E-state index in [2.05, 4.69) is 33.8 Å². The molecule has 0 bridgehead atoms. The van der Waals surface area contributed by atoms with Gasteiger partial charge in [-0.25, -0.2) is 0 Å². The van der Waals surface area contributed by atoms with Crippen molar-refractivity contribution in [3.63, 3.8) is 0 Å². The van der Waals surface area contributed by atoms with Gasteiger partial charge in [-0.2, -0.15) is 0 Å². The van der Waals surface area contributed by atoms with Gasteiger partial charge in [-0.15, -0.1) is 0 Å². The highest BCUT2D eigenvalue weighted by Gasteiger charge is 2.69. The van der Waals surface area contributed by atoms with Gasteiger partial charge in [0.25, 0.3) is 0 Å². The van der Waals surface area contributed by atoms with Crippen LogP contribution in [0.25, 0.3) is 0 Å². The van der Waals surface area contributed by atoms with E-state index < -0.39 is 98.4 Å². The average Bonchev–Trinajstić information content (AvgIpc) is 3.68. The minimum Gasteiger partial charge on any atom is -0.394 e. The number of fused-ring (bicyclic) bond motifs is 7. The molecule has 5 aliphatic heterocycles. The zero-order chi connectivity index (χ0) is 42.6. The lowest BCUT2D eigenvalue weighted by Gasteiger charge is -2.58. The number of aliphatic hydroxyl groups is 8. The number of allylic oxidation sites excluding steroid dienone is 1. The van der Waals surface area contributed by atoms with Crippen molar-refractivity contribution in [1.29, 1.82) is 0 Å². The fourth-order valence-electron chi connectivity index (χ4n) is 13.7. The molecule has 16 nitrogen and oxygen atoms in total. The van der Waals surface area contributed by atoms with E-state index in [0.717, 1.165) is 45.1 Å². The second kappa shape index (κ2) is 16.5. The molecule has 342 valence electrons. The van der Waals surface area contributed by atoms with Crippen LogP contribution in [0, 0.1) is 46.3 Å². The number of rotatable bonds is 7. The molecule has 0 amide bonds. The first-order valence-corrected chi connectivity index (χ1v) is 22.8. The van der Waals surface area contributed by atoms with Crippen molar-refractivity contribution in [3.05, 3.63) is 11.6 Å². The van der Waals surface area contributed by atoms with Crippen LogP contribution in [0.15, 0.2) is 11.6 Å². The van der Waals surface area contributed by atoms with Gasteiger partial charge in [-0.3, -0.25) is 0 Å². The third-order valence-corrected chi connectivity index (χ3v) is 17.3. The van der Waals surface area contributed by atoms with Crippen LogP contribution in [0.1, 0.15) is 92.4 Å². The zero-order valence-electron chi connectivity index (χ0n) is 35.6. The van der Waals surface area contributed by atoms with E-state index >= 15 is 0 Å². The monoisotopic (exact) mass is 854 g/mol. The molecule has 0 radical (unpaired) electrons. The van der Waals surface area contributed by atoms with Crippen molar-refractivity contribution in [3.8, 4) is 0 Å². The highest BCUT2D eigenvalue weighted by atomic mass is 16.8. The zero-order valence-corrected chi connectivity index (χ0v) is 35.6. The first kappa shape index (κ1) is 44.3. The smallest absolute Gasteiger partial charge is 0.187 e. The summed E-state index contributed by atoms with van der Waals surface area (Å²) in [6, 6.07) is 0. The van der Waals surface area contributed by atoms with Gasteiger partial charge in [0.15, 0.2) is 24.7 Å². The van der Waals surface area contributed by atoms with Crippen molar-refractivity contribution in [1.82, 2.24) is 0 Å². The predicted molar refractivity (Wildman–Crippen MR) is 208 cm³/mol.